The lowest BCUT2D eigenvalue weighted by Gasteiger charge is -2.33. The molecule has 0 radical (unpaired) electrons. The van der Waals surface area contributed by atoms with Gasteiger partial charge in [0, 0.05) is 24.2 Å². The first-order valence-corrected chi connectivity index (χ1v) is 11.5. The zero-order valence-corrected chi connectivity index (χ0v) is 20.7. The summed E-state index contributed by atoms with van der Waals surface area (Å²) in [5.41, 5.74) is 6.27. The summed E-state index contributed by atoms with van der Waals surface area (Å²) >= 11 is 0. The maximum atomic E-state index is 13.5. The van der Waals surface area contributed by atoms with Crippen LogP contribution in [0.4, 0.5) is 10.5 Å². The van der Waals surface area contributed by atoms with E-state index in [1.807, 2.05) is 26.8 Å². The molecule has 35 heavy (non-hydrogen) atoms. The normalized spacial score (nSPS) is 15.5. The molecule has 4 amide bonds. The minimum absolute atomic E-state index is 0.0453. The molecule has 0 spiro atoms. The molecule has 7 heteroatoms. The Balaban J connectivity index is 1.83. The fraction of sp³-hybridized carbons (Fsp3) is 0.250. The maximum absolute atomic E-state index is 13.5. The number of methoxy groups -OCH3 is 1. The minimum atomic E-state index is -0.679. The van der Waals surface area contributed by atoms with E-state index in [4.69, 9.17) is 4.74 Å². The highest BCUT2D eigenvalue weighted by Gasteiger charge is 2.42. The predicted octanol–water partition coefficient (Wildman–Crippen LogP) is 4.74. The van der Waals surface area contributed by atoms with Crippen molar-refractivity contribution in [3.63, 3.8) is 0 Å². The van der Waals surface area contributed by atoms with Gasteiger partial charge in [-0.25, -0.2) is 9.69 Å². The number of hydrogen-bond acceptors (Lipinski definition) is 4. The second-order valence-electron chi connectivity index (χ2n) is 8.72. The number of anilines is 1. The number of urea groups is 1. The van der Waals surface area contributed by atoms with Crippen LogP contribution in [0.1, 0.15) is 28.1 Å². The van der Waals surface area contributed by atoms with Crippen LogP contribution in [0.2, 0.25) is 0 Å². The molecule has 1 aromatic heterocycles. The van der Waals surface area contributed by atoms with Crippen LogP contribution in [0.5, 0.6) is 0 Å². The van der Waals surface area contributed by atoms with Gasteiger partial charge in [0.05, 0.1) is 18.8 Å². The average Bonchev–Trinajstić information content (AvgIpc) is 3.11. The number of barbiturate groups is 1. The number of ether oxygens (including phenoxy) is 1. The Morgan fingerprint density at radius 2 is 1.60 bits per heavy atom. The van der Waals surface area contributed by atoms with Crippen LogP contribution in [0.15, 0.2) is 60.2 Å². The van der Waals surface area contributed by atoms with Crippen molar-refractivity contribution in [1.82, 2.24) is 9.47 Å². The van der Waals surface area contributed by atoms with Crippen LogP contribution in [-0.4, -0.2) is 47.6 Å². The van der Waals surface area contributed by atoms with Crippen molar-refractivity contribution >= 4 is 29.6 Å². The largest absolute Gasteiger partial charge is 0.383 e. The number of benzene rings is 2. The van der Waals surface area contributed by atoms with E-state index in [0.717, 1.165) is 43.6 Å². The monoisotopic (exact) mass is 471 g/mol. The van der Waals surface area contributed by atoms with Gasteiger partial charge in [0.1, 0.15) is 5.57 Å². The van der Waals surface area contributed by atoms with Gasteiger partial charge < -0.3 is 9.30 Å². The number of para-hydroxylation sites is 1. The van der Waals surface area contributed by atoms with E-state index in [1.165, 1.54) is 7.11 Å². The molecule has 180 valence electrons. The number of carbonyl (C=O) groups excluding carboxylic acids is 3. The Morgan fingerprint density at radius 3 is 2.29 bits per heavy atom. The number of nitrogens with zero attached hydrogens (tertiary/aromatic N) is 3. The van der Waals surface area contributed by atoms with Gasteiger partial charge in [-0.2, -0.15) is 0 Å². The number of aromatic nitrogens is 1. The first-order valence-electron chi connectivity index (χ1n) is 11.5. The van der Waals surface area contributed by atoms with Crippen LogP contribution in [-0.2, 0) is 14.3 Å². The van der Waals surface area contributed by atoms with E-state index < -0.39 is 17.8 Å². The highest BCUT2D eigenvalue weighted by atomic mass is 16.5. The third-order valence-electron chi connectivity index (χ3n) is 6.24. The lowest BCUT2D eigenvalue weighted by atomic mass is 10.1. The third kappa shape index (κ3) is 4.42. The summed E-state index contributed by atoms with van der Waals surface area (Å²) in [4.78, 5) is 42.1. The smallest absolute Gasteiger partial charge is 0.338 e. The topological polar surface area (TPSA) is 71.8 Å². The van der Waals surface area contributed by atoms with E-state index >= 15 is 0 Å². The quantitative estimate of drug-likeness (QED) is 0.385. The number of imide groups is 2. The maximum Gasteiger partial charge on any atom is 0.338 e. The van der Waals surface area contributed by atoms with E-state index in [2.05, 4.69) is 29.7 Å². The zero-order chi connectivity index (χ0) is 25.3. The lowest BCUT2D eigenvalue weighted by Crippen LogP contribution is -2.57. The van der Waals surface area contributed by atoms with Gasteiger partial charge in [0.25, 0.3) is 11.8 Å². The molecule has 7 nitrogen and oxygen atoms in total. The Hall–Kier alpha value is -3.97. The van der Waals surface area contributed by atoms with Crippen LogP contribution in [0.3, 0.4) is 0 Å². The zero-order valence-electron chi connectivity index (χ0n) is 20.7. The van der Waals surface area contributed by atoms with Crippen molar-refractivity contribution in [1.29, 1.82) is 0 Å². The molecule has 0 saturated carbocycles. The van der Waals surface area contributed by atoms with E-state index in [1.54, 1.807) is 36.4 Å². The second-order valence-corrected chi connectivity index (χ2v) is 8.72. The van der Waals surface area contributed by atoms with Crippen LogP contribution in [0.25, 0.3) is 11.8 Å². The number of hydrogen-bond donors (Lipinski definition) is 0. The molecule has 3 aromatic rings. The molecule has 2 aromatic carbocycles. The van der Waals surface area contributed by atoms with Gasteiger partial charge >= 0.3 is 6.03 Å². The summed E-state index contributed by atoms with van der Waals surface area (Å²) in [6, 6.07) is 16.2. The molecular weight excluding hydrogens is 442 g/mol. The second kappa shape index (κ2) is 9.72. The molecule has 4 rings (SSSR count). The van der Waals surface area contributed by atoms with Crippen molar-refractivity contribution in [3.05, 3.63) is 88.2 Å². The highest BCUT2D eigenvalue weighted by molar-refractivity contribution is 6.39. The molecule has 1 aliphatic heterocycles. The fourth-order valence-electron chi connectivity index (χ4n) is 4.38. The summed E-state index contributed by atoms with van der Waals surface area (Å²) in [5, 5.41) is 0. The summed E-state index contributed by atoms with van der Waals surface area (Å²) in [6.45, 7) is 8.26. The standard InChI is InChI=1S/C28H29N3O4/c1-18-11-12-19(2)25(15-18)30-20(3)16-22(21(30)4)17-24-26(32)29(13-14-35-5)28(34)31(27(24)33)23-9-7-6-8-10-23/h6-12,15-17H,13-14H2,1-5H3/b24-17-. The summed E-state index contributed by atoms with van der Waals surface area (Å²) in [5.74, 6) is -1.27. The Bertz CT molecular complexity index is 1340. The van der Waals surface area contributed by atoms with Gasteiger partial charge in [0.2, 0.25) is 0 Å². The molecule has 0 aliphatic carbocycles. The van der Waals surface area contributed by atoms with Crippen molar-refractivity contribution in [2.24, 2.45) is 0 Å². The van der Waals surface area contributed by atoms with Gasteiger partial charge in [0.15, 0.2) is 0 Å². The fourth-order valence-corrected chi connectivity index (χ4v) is 4.38. The molecule has 1 saturated heterocycles. The molecule has 0 unspecified atom stereocenters. The van der Waals surface area contributed by atoms with Crippen LogP contribution in [0, 0.1) is 27.7 Å². The first-order chi connectivity index (χ1) is 16.7. The molecule has 1 aliphatic rings. The van der Waals surface area contributed by atoms with Crippen molar-refractivity contribution in [3.8, 4) is 5.69 Å². The Kier molecular flexibility index (Phi) is 6.71. The van der Waals surface area contributed by atoms with Gasteiger partial charge in [-0.05, 0) is 74.7 Å². The van der Waals surface area contributed by atoms with E-state index in [9.17, 15) is 14.4 Å². The first kappa shape index (κ1) is 24.2. The highest BCUT2D eigenvalue weighted by Crippen LogP contribution is 2.29. The van der Waals surface area contributed by atoms with Crippen molar-refractivity contribution in [2.75, 3.05) is 25.2 Å². The summed E-state index contributed by atoms with van der Waals surface area (Å²) in [6.07, 6.45) is 1.59. The molecule has 0 atom stereocenters. The van der Waals surface area contributed by atoms with Crippen LogP contribution >= 0.6 is 0 Å². The Labute approximate surface area is 205 Å². The summed E-state index contributed by atoms with van der Waals surface area (Å²) < 4.78 is 7.22. The molecule has 0 bridgehead atoms. The number of rotatable bonds is 6. The molecule has 1 fully saturated rings. The minimum Gasteiger partial charge on any atom is -0.383 e. The van der Waals surface area contributed by atoms with Gasteiger partial charge in [-0.3, -0.25) is 14.5 Å². The van der Waals surface area contributed by atoms with Crippen molar-refractivity contribution in [2.45, 2.75) is 27.7 Å². The van der Waals surface area contributed by atoms with Gasteiger partial charge in [-0.1, -0.05) is 30.3 Å². The van der Waals surface area contributed by atoms with Crippen molar-refractivity contribution < 1.29 is 19.1 Å². The van der Waals surface area contributed by atoms with Gasteiger partial charge in [-0.15, -0.1) is 0 Å². The van der Waals surface area contributed by atoms with E-state index in [-0.39, 0.29) is 18.7 Å². The predicted molar refractivity (Wildman–Crippen MR) is 136 cm³/mol. The Morgan fingerprint density at radius 1 is 0.886 bits per heavy atom. The van der Waals surface area contributed by atoms with Crippen LogP contribution < -0.4 is 4.90 Å². The lowest BCUT2D eigenvalue weighted by molar-refractivity contribution is -0.129. The third-order valence-corrected chi connectivity index (χ3v) is 6.24. The number of amides is 4. The SMILES string of the molecule is COCCN1C(=O)/C(=C/c2cc(C)n(-c3cc(C)ccc3C)c2C)C(=O)N(c2ccccc2)C1=O. The summed E-state index contributed by atoms with van der Waals surface area (Å²) in [7, 11) is 1.50. The average molecular weight is 472 g/mol. The molecule has 0 N–H and O–H groups in total. The number of carbonyl (C=O) groups is 3. The van der Waals surface area contributed by atoms with E-state index in [0.29, 0.717) is 5.69 Å². The molecule has 2 heterocycles. The molecular formula is C28H29N3O4. The number of aryl methyl sites for hydroxylation is 3.